The lowest BCUT2D eigenvalue weighted by Gasteiger charge is -2.37. The van der Waals surface area contributed by atoms with Gasteiger partial charge in [-0.1, -0.05) is 43.2 Å². The van der Waals surface area contributed by atoms with Gasteiger partial charge in [0.15, 0.2) is 0 Å². The van der Waals surface area contributed by atoms with Gasteiger partial charge in [0.05, 0.1) is 11.8 Å². The molecule has 0 aromatic heterocycles. The average molecular weight is 394 g/mol. The number of likely N-dealkylation sites (tertiary alicyclic amines) is 1. The summed E-state index contributed by atoms with van der Waals surface area (Å²) < 4.78 is 26.9. The number of hydrogen-bond acceptors (Lipinski definition) is 4. The number of carbonyl (C=O) groups excluding carboxylic acids is 1. The van der Waals surface area contributed by atoms with Crippen LogP contribution in [0.5, 0.6) is 0 Å². The Labute approximate surface area is 163 Å². The second-order valence-corrected chi connectivity index (χ2v) is 9.56. The predicted octanol–water partition coefficient (Wildman–Crippen LogP) is 1.93. The molecule has 2 fully saturated rings. The van der Waals surface area contributed by atoms with E-state index in [9.17, 15) is 13.2 Å². The predicted molar refractivity (Wildman–Crippen MR) is 107 cm³/mol. The molecule has 1 aromatic carbocycles. The molecule has 0 N–H and O–H groups in total. The Balaban J connectivity index is 1.54. The fourth-order valence-corrected chi connectivity index (χ4v) is 5.48. The molecule has 2 heterocycles. The maximum absolute atomic E-state index is 12.9. The van der Waals surface area contributed by atoms with Crippen LogP contribution in [0.1, 0.15) is 38.2 Å². The Morgan fingerprint density at radius 2 is 1.52 bits per heavy atom. The highest BCUT2D eigenvalue weighted by Gasteiger charge is 2.32. The van der Waals surface area contributed by atoms with Gasteiger partial charge in [0.2, 0.25) is 15.9 Å². The van der Waals surface area contributed by atoms with Crippen LogP contribution in [0.4, 0.5) is 0 Å². The van der Waals surface area contributed by atoms with Crippen molar-refractivity contribution in [3.8, 4) is 0 Å². The molecular weight excluding hydrogens is 362 g/mol. The van der Waals surface area contributed by atoms with E-state index in [1.807, 2.05) is 42.2 Å². The first-order chi connectivity index (χ1) is 13.0. The van der Waals surface area contributed by atoms with Gasteiger partial charge in [-0.25, -0.2) is 8.42 Å². The number of hydrogen-bond donors (Lipinski definition) is 0. The van der Waals surface area contributed by atoms with Crippen molar-refractivity contribution in [3.63, 3.8) is 0 Å². The van der Waals surface area contributed by atoms with E-state index >= 15 is 0 Å². The molecule has 2 saturated heterocycles. The lowest BCUT2D eigenvalue weighted by atomic mass is 10.2. The average Bonchev–Trinajstić information content (AvgIpc) is 2.97. The molecule has 3 rings (SSSR count). The van der Waals surface area contributed by atoms with Crippen LogP contribution in [0, 0.1) is 0 Å². The van der Waals surface area contributed by atoms with E-state index in [0.29, 0.717) is 26.2 Å². The molecule has 2 aliphatic rings. The Hall–Kier alpha value is -1.44. The van der Waals surface area contributed by atoms with Gasteiger partial charge in [-0.15, -0.1) is 0 Å². The minimum atomic E-state index is -3.35. The van der Waals surface area contributed by atoms with Crippen molar-refractivity contribution in [1.29, 1.82) is 0 Å². The first-order valence-corrected chi connectivity index (χ1v) is 11.6. The number of nitrogens with zero attached hydrogens (tertiary/aromatic N) is 3. The summed E-state index contributed by atoms with van der Waals surface area (Å²) in [7, 11) is -3.35. The van der Waals surface area contributed by atoms with Crippen LogP contribution in [0.15, 0.2) is 30.3 Å². The SMILES string of the molecule is CC(C(=O)N1CCN(S(=O)(=O)Cc2ccccc2)CC1)N1CCCCCC1. The molecule has 0 spiro atoms. The zero-order valence-corrected chi connectivity index (χ0v) is 17.0. The Kier molecular flexibility index (Phi) is 6.89. The molecule has 1 amide bonds. The van der Waals surface area contributed by atoms with Crippen LogP contribution in [0.2, 0.25) is 0 Å². The van der Waals surface area contributed by atoms with Crippen LogP contribution in [-0.2, 0) is 20.6 Å². The van der Waals surface area contributed by atoms with Crippen LogP contribution in [-0.4, -0.2) is 73.7 Å². The summed E-state index contributed by atoms with van der Waals surface area (Å²) in [6, 6.07) is 9.14. The van der Waals surface area contributed by atoms with Crippen LogP contribution >= 0.6 is 0 Å². The van der Waals surface area contributed by atoms with Crippen molar-refractivity contribution < 1.29 is 13.2 Å². The Bertz CT molecular complexity index is 707. The van der Waals surface area contributed by atoms with Crippen molar-refractivity contribution in [2.24, 2.45) is 0 Å². The third-order valence-electron chi connectivity index (χ3n) is 5.68. The number of rotatable bonds is 5. The minimum Gasteiger partial charge on any atom is -0.339 e. The van der Waals surface area contributed by atoms with Crippen molar-refractivity contribution in [2.45, 2.75) is 44.4 Å². The van der Waals surface area contributed by atoms with Crippen LogP contribution in [0.3, 0.4) is 0 Å². The summed E-state index contributed by atoms with van der Waals surface area (Å²) in [5, 5.41) is 0. The first-order valence-electron chi connectivity index (χ1n) is 10.0. The topological polar surface area (TPSA) is 60.9 Å². The normalized spacial score (nSPS) is 21.6. The van der Waals surface area contributed by atoms with Gasteiger partial charge in [-0.05, 0) is 38.4 Å². The largest absolute Gasteiger partial charge is 0.339 e. The van der Waals surface area contributed by atoms with E-state index in [0.717, 1.165) is 31.5 Å². The highest BCUT2D eigenvalue weighted by molar-refractivity contribution is 7.88. The molecule has 0 bridgehead atoms. The first kappa shape index (κ1) is 20.3. The smallest absolute Gasteiger partial charge is 0.239 e. The highest BCUT2D eigenvalue weighted by atomic mass is 32.2. The Morgan fingerprint density at radius 3 is 2.11 bits per heavy atom. The number of benzene rings is 1. The van der Waals surface area contributed by atoms with Gasteiger partial charge in [0.25, 0.3) is 0 Å². The summed E-state index contributed by atoms with van der Waals surface area (Å²) in [5.41, 5.74) is 0.797. The van der Waals surface area contributed by atoms with E-state index in [1.165, 1.54) is 17.1 Å². The van der Waals surface area contributed by atoms with E-state index in [2.05, 4.69) is 4.90 Å². The molecule has 6 nitrogen and oxygen atoms in total. The van der Waals surface area contributed by atoms with Gasteiger partial charge >= 0.3 is 0 Å². The molecule has 0 aliphatic carbocycles. The van der Waals surface area contributed by atoms with Gasteiger partial charge in [0, 0.05) is 26.2 Å². The fourth-order valence-electron chi connectivity index (χ4n) is 3.97. The van der Waals surface area contributed by atoms with Crippen LogP contribution in [0.25, 0.3) is 0 Å². The van der Waals surface area contributed by atoms with E-state index < -0.39 is 10.0 Å². The number of sulfonamides is 1. The maximum atomic E-state index is 12.9. The molecule has 1 aromatic rings. The van der Waals surface area contributed by atoms with Crippen molar-refractivity contribution in [1.82, 2.24) is 14.1 Å². The zero-order valence-electron chi connectivity index (χ0n) is 16.2. The molecule has 150 valence electrons. The molecule has 1 atom stereocenters. The van der Waals surface area contributed by atoms with Gasteiger partial charge < -0.3 is 4.90 Å². The van der Waals surface area contributed by atoms with Gasteiger partial charge in [0.1, 0.15) is 0 Å². The zero-order chi connectivity index (χ0) is 19.3. The highest BCUT2D eigenvalue weighted by Crippen LogP contribution is 2.17. The molecule has 27 heavy (non-hydrogen) atoms. The third kappa shape index (κ3) is 5.30. The fraction of sp³-hybridized carbons (Fsp3) is 0.650. The second kappa shape index (κ2) is 9.17. The molecule has 7 heteroatoms. The summed E-state index contributed by atoms with van der Waals surface area (Å²) in [5.74, 6) is 0.156. The van der Waals surface area contributed by atoms with Crippen molar-refractivity contribution in [2.75, 3.05) is 39.3 Å². The van der Waals surface area contributed by atoms with Gasteiger partial charge in [-0.3, -0.25) is 9.69 Å². The standard InChI is InChI=1S/C20H31N3O3S/c1-18(21-11-7-2-3-8-12-21)20(24)22-13-15-23(16-14-22)27(25,26)17-19-9-5-4-6-10-19/h4-6,9-10,18H,2-3,7-8,11-17H2,1H3. The lowest BCUT2D eigenvalue weighted by molar-refractivity contribution is -0.137. The minimum absolute atomic E-state index is 0.0198. The summed E-state index contributed by atoms with van der Waals surface area (Å²) in [6.45, 7) is 5.68. The Morgan fingerprint density at radius 1 is 0.926 bits per heavy atom. The van der Waals surface area contributed by atoms with Crippen molar-refractivity contribution in [3.05, 3.63) is 35.9 Å². The monoisotopic (exact) mass is 393 g/mol. The van der Waals surface area contributed by atoms with Crippen molar-refractivity contribution >= 4 is 15.9 Å². The molecule has 0 saturated carbocycles. The van der Waals surface area contributed by atoms with Crippen LogP contribution < -0.4 is 0 Å². The number of piperazine rings is 1. The lowest BCUT2D eigenvalue weighted by Crippen LogP contribution is -2.55. The molecule has 0 radical (unpaired) electrons. The maximum Gasteiger partial charge on any atom is 0.239 e. The van der Waals surface area contributed by atoms with Gasteiger partial charge in [-0.2, -0.15) is 4.31 Å². The van der Waals surface area contributed by atoms with E-state index in [1.54, 1.807) is 0 Å². The molecular formula is C20H31N3O3S. The third-order valence-corrected chi connectivity index (χ3v) is 7.53. The quantitative estimate of drug-likeness (QED) is 0.767. The molecule has 2 aliphatic heterocycles. The van der Waals surface area contributed by atoms with E-state index in [-0.39, 0.29) is 17.7 Å². The van der Waals surface area contributed by atoms with E-state index in [4.69, 9.17) is 0 Å². The molecule has 1 unspecified atom stereocenters. The second-order valence-electron chi connectivity index (χ2n) is 7.59. The summed E-state index contributed by atoms with van der Waals surface area (Å²) in [6.07, 6.45) is 4.80. The summed E-state index contributed by atoms with van der Waals surface area (Å²) >= 11 is 0. The number of carbonyl (C=O) groups is 1. The summed E-state index contributed by atoms with van der Waals surface area (Å²) in [4.78, 5) is 17.0. The number of amides is 1.